The molecule has 1 aromatic rings. The van der Waals surface area contributed by atoms with Crippen molar-refractivity contribution < 1.29 is 22.3 Å². The van der Waals surface area contributed by atoms with Crippen molar-refractivity contribution in [2.24, 2.45) is 5.14 Å². The van der Waals surface area contributed by atoms with E-state index in [2.05, 4.69) is 5.32 Å². The maximum Gasteiger partial charge on any atom is 0.256 e. The van der Waals surface area contributed by atoms with E-state index in [0.29, 0.717) is 13.0 Å². The molecule has 1 saturated heterocycles. The lowest BCUT2D eigenvalue weighted by Crippen LogP contribution is -2.39. The number of ether oxygens (including phenoxy) is 1. The monoisotopic (exact) mass is 302 g/mol. The summed E-state index contributed by atoms with van der Waals surface area (Å²) in [6, 6.07) is 2.89. The zero-order valence-corrected chi connectivity index (χ0v) is 11.7. The molecule has 0 aromatic heterocycles. The standard InChI is InChI=1S/C12H15FN2O4S/c1-12(5-2-6-19-12)11(16)15-9-7-8(13)3-4-10(9)20(14,17)18/h3-4,7H,2,5-6H2,1H3,(H,15,16)(H2,14,17,18). The van der Waals surface area contributed by atoms with Gasteiger partial charge in [0.1, 0.15) is 16.3 Å². The van der Waals surface area contributed by atoms with Crippen LogP contribution in [0.3, 0.4) is 0 Å². The van der Waals surface area contributed by atoms with Crippen molar-refractivity contribution >= 4 is 21.6 Å². The van der Waals surface area contributed by atoms with Gasteiger partial charge in [0.2, 0.25) is 10.0 Å². The second-order valence-electron chi connectivity index (χ2n) is 4.82. The van der Waals surface area contributed by atoms with Crippen molar-refractivity contribution in [3.8, 4) is 0 Å². The Morgan fingerprint density at radius 3 is 2.75 bits per heavy atom. The molecular formula is C12H15FN2O4S. The van der Waals surface area contributed by atoms with Crippen LogP contribution in [-0.2, 0) is 19.6 Å². The number of amides is 1. The summed E-state index contributed by atoms with van der Waals surface area (Å²) < 4.78 is 41.4. The van der Waals surface area contributed by atoms with Crippen molar-refractivity contribution in [2.45, 2.75) is 30.3 Å². The Bertz CT molecular complexity index is 639. The lowest BCUT2D eigenvalue weighted by molar-refractivity contribution is -0.133. The van der Waals surface area contributed by atoms with Crippen LogP contribution in [0, 0.1) is 5.82 Å². The molecule has 1 aromatic carbocycles. The van der Waals surface area contributed by atoms with Crippen molar-refractivity contribution in [3.05, 3.63) is 24.0 Å². The third kappa shape index (κ3) is 2.97. The minimum Gasteiger partial charge on any atom is -0.365 e. The number of rotatable bonds is 3. The largest absolute Gasteiger partial charge is 0.365 e. The first-order chi connectivity index (χ1) is 9.22. The number of carbonyl (C=O) groups excluding carboxylic acids is 1. The minimum atomic E-state index is -4.06. The van der Waals surface area contributed by atoms with E-state index in [1.54, 1.807) is 6.92 Å². The van der Waals surface area contributed by atoms with Gasteiger partial charge in [-0.15, -0.1) is 0 Å². The number of nitrogens with two attached hydrogens (primary N) is 1. The second kappa shape index (κ2) is 5.12. The van der Waals surface area contributed by atoms with E-state index >= 15 is 0 Å². The van der Waals surface area contributed by atoms with Gasteiger partial charge in [-0.25, -0.2) is 17.9 Å². The summed E-state index contributed by atoms with van der Waals surface area (Å²) in [7, 11) is -4.06. The fourth-order valence-electron chi connectivity index (χ4n) is 2.06. The molecule has 1 aliphatic heterocycles. The van der Waals surface area contributed by atoms with Gasteiger partial charge in [0.25, 0.3) is 5.91 Å². The molecule has 6 nitrogen and oxygen atoms in total. The zero-order chi connectivity index (χ0) is 15.0. The average Bonchev–Trinajstić information content (AvgIpc) is 2.76. The van der Waals surface area contributed by atoms with E-state index < -0.39 is 27.3 Å². The van der Waals surface area contributed by atoms with Crippen LogP contribution in [0.2, 0.25) is 0 Å². The first kappa shape index (κ1) is 14.9. The SMILES string of the molecule is CC1(C(=O)Nc2cc(F)ccc2S(N)(=O)=O)CCCO1. The molecule has 2 rings (SSSR count). The first-order valence-corrected chi connectivity index (χ1v) is 7.55. The molecule has 0 aliphatic carbocycles. The summed E-state index contributed by atoms with van der Waals surface area (Å²) in [6.45, 7) is 2.06. The van der Waals surface area contributed by atoms with E-state index in [4.69, 9.17) is 9.88 Å². The number of carbonyl (C=O) groups is 1. The van der Waals surface area contributed by atoms with Crippen LogP contribution in [0.5, 0.6) is 0 Å². The predicted octanol–water partition coefficient (Wildman–Crippen LogP) is 0.981. The summed E-state index contributed by atoms with van der Waals surface area (Å²) >= 11 is 0. The van der Waals surface area contributed by atoms with Gasteiger partial charge in [-0.1, -0.05) is 0 Å². The molecule has 0 spiro atoms. The van der Waals surface area contributed by atoms with Crippen LogP contribution < -0.4 is 10.5 Å². The molecule has 1 aliphatic rings. The molecule has 0 radical (unpaired) electrons. The third-order valence-electron chi connectivity index (χ3n) is 3.20. The van der Waals surface area contributed by atoms with E-state index in [0.717, 1.165) is 24.6 Å². The van der Waals surface area contributed by atoms with E-state index in [1.807, 2.05) is 0 Å². The fraction of sp³-hybridized carbons (Fsp3) is 0.417. The molecular weight excluding hydrogens is 287 g/mol. The van der Waals surface area contributed by atoms with Crippen molar-refractivity contribution in [1.29, 1.82) is 0 Å². The van der Waals surface area contributed by atoms with Gasteiger partial charge in [-0.05, 0) is 38.0 Å². The molecule has 8 heteroatoms. The fourth-order valence-corrected chi connectivity index (χ4v) is 2.73. The number of benzene rings is 1. The smallest absolute Gasteiger partial charge is 0.256 e. The molecule has 20 heavy (non-hydrogen) atoms. The summed E-state index contributed by atoms with van der Waals surface area (Å²) in [5.41, 5.74) is -1.23. The number of anilines is 1. The Morgan fingerprint density at radius 2 is 2.20 bits per heavy atom. The topological polar surface area (TPSA) is 98.5 Å². The van der Waals surface area contributed by atoms with Crippen LogP contribution in [-0.4, -0.2) is 26.5 Å². The molecule has 1 heterocycles. The quantitative estimate of drug-likeness (QED) is 0.869. The number of halogens is 1. The number of nitrogens with one attached hydrogen (secondary N) is 1. The summed E-state index contributed by atoms with van der Waals surface area (Å²) in [4.78, 5) is 11.8. The molecule has 110 valence electrons. The van der Waals surface area contributed by atoms with Crippen LogP contribution in [0.1, 0.15) is 19.8 Å². The highest BCUT2D eigenvalue weighted by molar-refractivity contribution is 7.89. The van der Waals surface area contributed by atoms with Gasteiger partial charge in [-0.3, -0.25) is 4.79 Å². The van der Waals surface area contributed by atoms with Crippen LogP contribution in [0.15, 0.2) is 23.1 Å². The lowest BCUT2D eigenvalue weighted by Gasteiger charge is -2.22. The van der Waals surface area contributed by atoms with Crippen LogP contribution in [0.25, 0.3) is 0 Å². The van der Waals surface area contributed by atoms with Crippen molar-refractivity contribution in [3.63, 3.8) is 0 Å². The van der Waals surface area contributed by atoms with Crippen LogP contribution in [0.4, 0.5) is 10.1 Å². The Hall–Kier alpha value is -1.51. The van der Waals surface area contributed by atoms with Crippen LogP contribution >= 0.6 is 0 Å². The number of hydrogen-bond acceptors (Lipinski definition) is 4. The summed E-state index contributed by atoms with van der Waals surface area (Å²) in [6.07, 6.45) is 1.24. The predicted molar refractivity (Wildman–Crippen MR) is 70.0 cm³/mol. The molecule has 1 unspecified atom stereocenters. The van der Waals surface area contributed by atoms with E-state index in [1.165, 1.54) is 0 Å². The lowest BCUT2D eigenvalue weighted by atomic mass is 10.0. The van der Waals surface area contributed by atoms with Gasteiger partial charge in [0.05, 0.1) is 5.69 Å². The minimum absolute atomic E-state index is 0.186. The average molecular weight is 302 g/mol. The number of primary sulfonamides is 1. The highest BCUT2D eigenvalue weighted by atomic mass is 32.2. The molecule has 0 saturated carbocycles. The summed E-state index contributed by atoms with van der Waals surface area (Å²) in [5.74, 6) is -1.20. The van der Waals surface area contributed by atoms with Gasteiger partial charge in [-0.2, -0.15) is 0 Å². The number of hydrogen-bond donors (Lipinski definition) is 2. The first-order valence-electron chi connectivity index (χ1n) is 6.00. The molecule has 1 amide bonds. The Kier molecular flexibility index (Phi) is 3.81. The molecule has 1 fully saturated rings. The molecule has 1 atom stereocenters. The van der Waals surface area contributed by atoms with Gasteiger partial charge >= 0.3 is 0 Å². The van der Waals surface area contributed by atoms with E-state index in [-0.39, 0.29) is 10.6 Å². The van der Waals surface area contributed by atoms with Gasteiger partial charge in [0, 0.05) is 6.61 Å². The Balaban J connectivity index is 2.33. The molecule has 0 bridgehead atoms. The molecule has 3 N–H and O–H groups in total. The maximum atomic E-state index is 13.2. The Labute approximate surface area is 116 Å². The normalized spacial score (nSPS) is 22.8. The highest BCUT2D eigenvalue weighted by Crippen LogP contribution is 2.28. The maximum absolute atomic E-state index is 13.2. The Morgan fingerprint density at radius 1 is 1.50 bits per heavy atom. The van der Waals surface area contributed by atoms with Crippen molar-refractivity contribution in [1.82, 2.24) is 0 Å². The third-order valence-corrected chi connectivity index (χ3v) is 4.16. The van der Waals surface area contributed by atoms with Gasteiger partial charge in [0.15, 0.2) is 0 Å². The summed E-state index contributed by atoms with van der Waals surface area (Å²) in [5, 5.41) is 7.41. The second-order valence-corrected chi connectivity index (χ2v) is 6.35. The number of sulfonamides is 1. The van der Waals surface area contributed by atoms with Gasteiger partial charge < -0.3 is 10.1 Å². The van der Waals surface area contributed by atoms with E-state index in [9.17, 15) is 17.6 Å². The highest BCUT2D eigenvalue weighted by Gasteiger charge is 2.38. The van der Waals surface area contributed by atoms with Crippen molar-refractivity contribution in [2.75, 3.05) is 11.9 Å². The zero-order valence-electron chi connectivity index (χ0n) is 10.8.